The number of esters is 1. The average Bonchev–Trinajstić information content (AvgIpc) is 3.39. The van der Waals surface area contributed by atoms with E-state index in [0.29, 0.717) is 11.3 Å². The van der Waals surface area contributed by atoms with Crippen molar-refractivity contribution in [3.8, 4) is 11.8 Å². The van der Waals surface area contributed by atoms with Gasteiger partial charge in [-0.3, -0.25) is 18.7 Å². The maximum atomic E-state index is 14.6. The minimum Gasteiger partial charge on any atom is -0.497 e. The number of nitrogens with one attached hydrogen (secondary N) is 1. The van der Waals surface area contributed by atoms with Gasteiger partial charge in [-0.2, -0.15) is 18.4 Å². The summed E-state index contributed by atoms with van der Waals surface area (Å²) in [4.78, 5) is 40.5. The molecule has 1 saturated carbocycles. The minimum atomic E-state index is -5.34. The van der Waals surface area contributed by atoms with Crippen molar-refractivity contribution in [2.75, 3.05) is 25.1 Å². The van der Waals surface area contributed by atoms with E-state index in [4.69, 9.17) is 14.2 Å². The highest BCUT2D eigenvalue weighted by molar-refractivity contribution is 7.93. The lowest BCUT2D eigenvalue weighted by molar-refractivity contribution is -0.176. The molecule has 49 heavy (non-hydrogen) atoms. The quantitative estimate of drug-likeness (QED) is 0.292. The fourth-order valence-corrected chi connectivity index (χ4v) is 8.61. The van der Waals surface area contributed by atoms with Gasteiger partial charge in [-0.25, -0.2) is 8.42 Å². The molecule has 0 unspecified atom stereocenters. The second-order valence-electron chi connectivity index (χ2n) is 11.7. The monoisotopic (exact) mass is 699 g/mol. The van der Waals surface area contributed by atoms with Crippen LogP contribution in [0, 0.1) is 23.2 Å². The molecule has 3 aromatic carbocycles. The molecule has 1 aliphatic heterocycles. The summed E-state index contributed by atoms with van der Waals surface area (Å²) in [5.41, 5.74) is -1.09. The number of methoxy groups -OCH3 is 2. The first-order chi connectivity index (χ1) is 23.3. The van der Waals surface area contributed by atoms with Gasteiger partial charge in [0.25, 0.3) is 10.0 Å². The van der Waals surface area contributed by atoms with Crippen LogP contribution < -0.4 is 14.4 Å². The van der Waals surface area contributed by atoms with Gasteiger partial charge in [0, 0.05) is 12.3 Å². The van der Waals surface area contributed by atoms with Crippen molar-refractivity contribution in [3.05, 3.63) is 90.0 Å². The number of anilines is 1. The molecule has 258 valence electrons. The molecule has 11 nitrogen and oxygen atoms in total. The summed E-state index contributed by atoms with van der Waals surface area (Å²) >= 11 is 0. The SMILES string of the molecule is COC(=O)[C@@H]1[C@H]([C@H](COCc2ccccc2)NC(=O)C(F)(F)F)CC(=O)[C@@]2(CC#N)c3ccccc3N(S(=O)(=O)c3ccc(OC)cc3)[C@@H]12. The first-order valence-corrected chi connectivity index (χ1v) is 16.5. The van der Waals surface area contributed by atoms with E-state index in [1.54, 1.807) is 36.4 Å². The standard InChI is InChI=1S/C34H32F3N3O8S/c1-46-22-12-14-23(15-13-22)49(44,45)40-27-11-7-6-10-25(27)33(16-17-38)28(41)18-24(29(30(33)40)31(42)47-2)26(39-32(43)34(35,36)37)20-48-19-21-8-4-3-5-9-21/h3-15,24,26,29-30H,16,18-20H2,1-2H3,(H,39,43)/t24-,26-,29+,30-,33+/m0/s1. The molecule has 5 atom stereocenters. The Balaban J connectivity index is 1.68. The van der Waals surface area contributed by atoms with Gasteiger partial charge in [-0.05, 0) is 41.5 Å². The topological polar surface area (TPSA) is 152 Å². The van der Waals surface area contributed by atoms with Crippen molar-refractivity contribution in [3.63, 3.8) is 0 Å². The number of ether oxygens (including phenoxy) is 3. The van der Waals surface area contributed by atoms with Crippen LogP contribution in [0.5, 0.6) is 5.75 Å². The molecule has 0 aromatic heterocycles. The highest BCUT2D eigenvalue weighted by atomic mass is 32.2. The number of halogens is 3. The van der Waals surface area contributed by atoms with Crippen LogP contribution in [0.2, 0.25) is 0 Å². The summed E-state index contributed by atoms with van der Waals surface area (Å²) in [5, 5.41) is 11.9. The number of nitrogens with zero attached hydrogens (tertiary/aromatic N) is 2. The molecule has 0 spiro atoms. The summed E-state index contributed by atoms with van der Waals surface area (Å²) in [7, 11) is -2.23. The van der Waals surface area contributed by atoms with E-state index in [-0.39, 0.29) is 22.8 Å². The number of benzene rings is 3. The molecule has 1 heterocycles. The number of hydrogen-bond acceptors (Lipinski definition) is 9. The largest absolute Gasteiger partial charge is 0.497 e. The van der Waals surface area contributed by atoms with E-state index in [1.807, 2.05) is 11.4 Å². The number of fused-ring (bicyclic) bond motifs is 3. The molecule has 0 radical (unpaired) electrons. The van der Waals surface area contributed by atoms with Crippen LogP contribution in [0.3, 0.4) is 0 Å². The van der Waals surface area contributed by atoms with Crippen molar-refractivity contribution < 1.29 is 50.2 Å². The Kier molecular flexibility index (Phi) is 10.0. The molecule has 5 rings (SSSR count). The van der Waals surface area contributed by atoms with Gasteiger partial charge < -0.3 is 19.5 Å². The van der Waals surface area contributed by atoms with Crippen molar-refractivity contribution in [2.45, 2.75) is 48.0 Å². The third-order valence-electron chi connectivity index (χ3n) is 9.05. The number of nitriles is 1. The normalized spacial score (nSPS) is 22.3. The van der Waals surface area contributed by atoms with Crippen molar-refractivity contribution in [1.82, 2.24) is 5.32 Å². The molecule has 0 saturated heterocycles. The zero-order valence-corrected chi connectivity index (χ0v) is 27.2. The number of Topliss-reactive ketones (excluding diaryl/α,β-unsaturated/α-hetero) is 1. The van der Waals surface area contributed by atoms with Gasteiger partial charge in [0.2, 0.25) is 0 Å². The second-order valence-corrected chi connectivity index (χ2v) is 13.5. The number of amides is 1. The molecule has 3 aromatic rings. The number of sulfonamides is 1. The van der Waals surface area contributed by atoms with Gasteiger partial charge in [0.15, 0.2) is 0 Å². The molecular formula is C34H32F3N3O8S. The Hall–Kier alpha value is -4.94. The summed E-state index contributed by atoms with van der Waals surface area (Å²) in [6.07, 6.45) is -6.51. The summed E-state index contributed by atoms with van der Waals surface area (Å²) < 4.78 is 87.0. The number of rotatable bonds is 11. The van der Waals surface area contributed by atoms with E-state index >= 15 is 0 Å². The maximum absolute atomic E-state index is 14.6. The maximum Gasteiger partial charge on any atom is 0.471 e. The van der Waals surface area contributed by atoms with Crippen LogP contribution in [0.1, 0.15) is 24.0 Å². The number of carbonyl (C=O) groups excluding carboxylic acids is 3. The molecule has 1 amide bonds. The second kappa shape index (κ2) is 13.9. The summed E-state index contributed by atoms with van der Waals surface area (Å²) in [5.74, 6) is -6.86. The number of ketones is 1. The van der Waals surface area contributed by atoms with Crippen LogP contribution in [-0.2, 0) is 45.9 Å². The van der Waals surface area contributed by atoms with Crippen LogP contribution in [-0.4, -0.2) is 65.2 Å². The Bertz CT molecular complexity index is 1870. The number of para-hydroxylation sites is 1. The lowest BCUT2D eigenvalue weighted by Gasteiger charge is -2.48. The lowest BCUT2D eigenvalue weighted by Crippen LogP contribution is -2.65. The molecule has 1 fully saturated rings. The fourth-order valence-electron chi connectivity index (χ4n) is 6.87. The van der Waals surface area contributed by atoms with E-state index in [9.17, 15) is 41.2 Å². The van der Waals surface area contributed by atoms with Crippen LogP contribution in [0.25, 0.3) is 0 Å². The van der Waals surface area contributed by atoms with Crippen LogP contribution in [0.15, 0.2) is 83.8 Å². The van der Waals surface area contributed by atoms with Crippen molar-refractivity contribution in [1.29, 1.82) is 5.26 Å². The fraction of sp³-hybridized carbons (Fsp3) is 0.353. The van der Waals surface area contributed by atoms with Crippen molar-refractivity contribution in [2.24, 2.45) is 11.8 Å². The van der Waals surface area contributed by atoms with Gasteiger partial charge in [-0.1, -0.05) is 48.5 Å². The first-order valence-electron chi connectivity index (χ1n) is 15.1. The first kappa shape index (κ1) is 35.4. The predicted octanol–water partition coefficient (Wildman–Crippen LogP) is 4.07. The third kappa shape index (κ3) is 6.45. The highest BCUT2D eigenvalue weighted by Crippen LogP contribution is 2.57. The van der Waals surface area contributed by atoms with Gasteiger partial charge >= 0.3 is 18.1 Å². The minimum absolute atomic E-state index is 0.0117. The Morgan fingerprint density at radius 1 is 1.04 bits per heavy atom. The Morgan fingerprint density at radius 3 is 2.31 bits per heavy atom. The number of alkyl halides is 3. The average molecular weight is 700 g/mol. The molecule has 0 bridgehead atoms. The summed E-state index contributed by atoms with van der Waals surface area (Å²) in [6, 6.07) is 18.6. The Labute approximate surface area is 280 Å². The lowest BCUT2D eigenvalue weighted by atomic mass is 9.57. The molecular weight excluding hydrogens is 667 g/mol. The molecule has 1 N–H and O–H groups in total. The van der Waals surface area contributed by atoms with E-state index < -0.39 is 82.6 Å². The third-order valence-corrected chi connectivity index (χ3v) is 10.9. The molecule has 2 aliphatic rings. The Morgan fingerprint density at radius 2 is 1.69 bits per heavy atom. The zero-order chi connectivity index (χ0) is 35.6. The molecule has 1 aliphatic carbocycles. The van der Waals surface area contributed by atoms with Crippen LogP contribution in [0.4, 0.5) is 18.9 Å². The van der Waals surface area contributed by atoms with Gasteiger partial charge in [-0.15, -0.1) is 0 Å². The van der Waals surface area contributed by atoms with Gasteiger partial charge in [0.1, 0.15) is 11.5 Å². The van der Waals surface area contributed by atoms with Crippen molar-refractivity contribution >= 4 is 33.4 Å². The zero-order valence-electron chi connectivity index (χ0n) is 26.3. The van der Waals surface area contributed by atoms with E-state index in [0.717, 1.165) is 11.4 Å². The van der Waals surface area contributed by atoms with E-state index in [1.165, 1.54) is 49.6 Å². The van der Waals surface area contributed by atoms with Crippen LogP contribution >= 0.6 is 0 Å². The number of hydrogen-bond donors (Lipinski definition) is 1. The number of carbonyl (C=O) groups is 3. The van der Waals surface area contributed by atoms with Gasteiger partial charge in [0.05, 0.1) is 73.9 Å². The predicted molar refractivity (Wildman–Crippen MR) is 168 cm³/mol. The summed E-state index contributed by atoms with van der Waals surface area (Å²) in [6.45, 7) is -0.674. The van der Waals surface area contributed by atoms with E-state index in [2.05, 4.69) is 0 Å². The highest BCUT2D eigenvalue weighted by Gasteiger charge is 2.67. The molecule has 15 heteroatoms. The smallest absolute Gasteiger partial charge is 0.471 e.